The van der Waals surface area contributed by atoms with Gasteiger partial charge in [-0.05, 0) is 6.92 Å². The van der Waals surface area contributed by atoms with Crippen LogP contribution in [0.5, 0.6) is 0 Å². The summed E-state index contributed by atoms with van der Waals surface area (Å²) in [6, 6.07) is 0.112. The quantitative estimate of drug-likeness (QED) is 0.673. The monoisotopic (exact) mass is 238 g/mol. The predicted octanol–water partition coefficient (Wildman–Crippen LogP) is -0.735. The summed E-state index contributed by atoms with van der Waals surface area (Å²) in [7, 11) is 0. The van der Waals surface area contributed by atoms with E-state index in [2.05, 4.69) is 11.6 Å². The van der Waals surface area contributed by atoms with Crippen LogP contribution in [-0.2, 0) is 4.79 Å². The summed E-state index contributed by atoms with van der Waals surface area (Å²) >= 11 is 0. The second-order valence-corrected chi connectivity index (χ2v) is 3.06. The van der Waals surface area contributed by atoms with E-state index >= 15 is 0 Å². The Morgan fingerprint density at radius 1 is 1.59 bits per heavy atom. The molecule has 1 aromatic rings. The van der Waals surface area contributed by atoms with Gasteiger partial charge >= 0.3 is 12.0 Å². The Labute approximate surface area is 95.7 Å². The van der Waals surface area contributed by atoms with Crippen molar-refractivity contribution < 1.29 is 14.4 Å². The van der Waals surface area contributed by atoms with Gasteiger partial charge in [-0.2, -0.15) is 4.98 Å². The van der Waals surface area contributed by atoms with Crippen molar-refractivity contribution in [3.63, 3.8) is 0 Å². The number of aromatic nitrogens is 2. The first-order valence-corrected chi connectivity index (χ1v) is 4.44. The van der Waals surface area contributed by atoms with Crippen LogP contribution in [0.1, 0.15) is 6.92 Å². The van der Waals surface area contributed by atoms with Gasteiger partial charge in [0.25, 0.3) is 5.56 Å². The molecule has 1 rings (SSSR count). The van der Waals surface area contributed by atoms with Crippen LogP contribution in [0.4, 0.5) is 10.7 Å². The number of hydrogen-bond acceptors (Lipinski definition) is 5. The van der Waals surface area contributed by atoms with Gasteiger partial charge in [-0.3, -0.25) is 10.1 Å². The fraction of sp³-hybridized carbons (Fsp3) is 0.111. The van der Waals surface area contributed by atoms with E-state index in [1.807, 2.05) is 5.32 Å². The van der Waals surface area contributed by atoms with Crippen molar-refractivity contribution in [2.75, 3.05) is 5.32 Å². The van der Waals surface area contributed by atoms with Crippen molar-refractivity contribution in [2.45, 2.75) is 6.92 Å². The van der Waals surface area contributed by atoms with Gasteiger partial charge in [0.15, 0.2) is 0 Å². The van der Waals surface area contributed by atoms with Gasteiger partial charge in [0.2, 0.25) is 5.95 Å². The second-order valence-electron chi connectivity index (χ2n) is 3.06. The smallest absolute Gasteiger partial charge is 0.351 e. The summed E-state index contributed by atoms with van der Waals surface area (Å²) < 4.78 is 0.809. The van der Waals surface area contributed by atoms with E-state index in [1.54, 1.807) is 0 Å². The maximum Gasteiger partial charge on any atom is 0.358 e. The third kappa shape index (κ3) is 3.45. The minimum atomic E-state index is -0.941. The highest BCUT2D eigenvalue weighted by atomic mass is 16.7. The second kappa shape index (κ2) is 4.92. The van der Waals surface area contributed by atoms with E-state index < -0.39 is 17.6 Å². The van der Waals surface area contributed by atoms with E-state index in [1.165, 1.54) is 6.92 Å². The summed E-state index contributed by atoms with van der Waals surface area (Å²) in [6.07, 6.45) is 1.13. The Kier molecular flexibility index (Phi) is 3.60. The number of amides is 2. The average molecular weight is 238 g/mol. The van der Waals surface area contributed by atoms with Gasteiger partial charge in [-0.1, -0.05) is 6.58 Å². The molecule has 0 fully saturated rings. The molecule has 0 spiro atoms. The van der Waals surface area contributed by atoms with Crippen LogP contribution in [0, 0.1) is 0 Å². The largest absolute Gasteiger partial charge is 0.358 e. The standard InChI is InChI=1S/C9H10N4O4/c1-5(2)7(15)17-13-4-3-6(14)11-9(13)12-8(10)16/h3-4H,1H2,2H3,(H3,10,11,12,14,16). The van der Waals surface area contributed by atoms with Crippen molar-refractivity contribution in [3.05, 3.63) is 34.8 Å². The number of nitrogens with one attached hydrogen (secondary N) is 1. The molecule has 0 unspecified atom stereocenters. The van der Waals surface area contributed by atoms with E-state index in [-0.39, 0.29) is 11.5 Å². The molecule has 0 bridgehead atoms. The van der Waals surface area contributed by atoms with Crippen LogP contribution in [0.15, 0.2) is 29.2 Å². The molecule has 0 radical (unpaired) electrons. The van der Waals surface area contributed by atoms with Gasteiger partial charge in [-0.25, -0.2) is 9.59 Å². The first kappa shape index (κ1) is 12.4. The minimum Gasteiger partial charge on any atom is -0.351 e. The van der Waals surface area contributed by atoms with Crippen LogP contribution in [0.2, 0.25) is 0 Å². The van der Waals surface area contributed by atoms with Gasteiger partial charge < -0.3 is 10.6 Å². The maximum absolute atomic E-state index is 11.2. The van der Waals surface area contributed by atoms with Gasteiger partial charge in [-0.15, -0.1) is 4.73 Å². The number of anilines is 1. The lowest BCUT2D eigenvalue weighted by Crippen LogP contribution is -2.30. The Hall–Kier alpha value is -2.64. The molecular formula is C9H10N4O4. The number of rotatable bonds is 3. The molecule has 0 aromatic carbocycles. The Morgan fingerprint density at radius 2 is 2.24 bits per heavy atom. The lowest BCUT2D eigenvalue weighted by Gasteiger charge is -2.10. The minimum absolute atomic E-state index is 0.147. The number of carbonyl (C=O) groups excluding carboxylic acids is 2. The number of primary amides is 1. The third-order valence-corrected chi connectivity index (χ3v) is 1.54. The Bertz CT molecular complexity index is 534. The molecule has 17 heavy (non-hydrogen) atoms. The van der Waals surface area contributed by atoms with Crippen molar-refractivity contribution in [1.29, 1.82) is 0 Å². The Balaban J connectivity index is 3.05. The van der Waals surface area contributed by atoms with E-state index in [9.17, 15) is 14.4 Å². The lowest BCUT2D eigenvalue weighted by molar-refractivity contribution is -0.139. The highest BCUT2D eigenvalue weighted by Crippen LogP contribution is 1.99. The van der Waals surface area contributed by atoms with Crippen molar-refractivity contribution in [1.82, 2.24) is 9.71 Å². The van der Waals surface area contributed by atoms with Crippen molar-refractivity contribution in [3.8, 4) is 0 Å². The summed E-state index contributed by atoms with van der Waals surface area (Å²) in [5.41, 5.74) is 4.40. The summed E-state index contributed by atoms with van der Waals surface area (Å²) in [6.45, 7) is 4.82. The SMILES string of the molecule is C=C(C)C(=O)On1ccc(=O)nc1NC(N)=O. The van der Waals surface area contributed by atoms with Gasteiger partial charge in [0, 0.05) is 11.6 Å². The molecule has 1 heterocycles. The fourth-order valence-electron chi connectivity index (χ4n) is 0.827. The summed E-state index contributed by atoms with van der Waals surface area (Å²) in [5.74, 6) is -1.03. The van der Waals surface area contributed by atoms with Crippen LogP contribution in [-0.4, -0.2) is 21.7 Å². The average Bonchev–Trinajstić information content (AvgIpc) is 2.20. The fourth-order valence-corrected chi connectivity index (χ4v) is 0.827. The molecule has 0 atom stereocenters. The molecule has 8 heteroatoms. The predicted molar refractivity (Wildman–Crippen MR) is 58.1 cm³/mol. The molecule has 1 aromatic heterocycles. The third-order valence-electron chi connectivity index (χ3n) is 1.54. The molecule has 0 saturated heterocycles. The molecule has 90 valence electrons. The lowest BCUT2D eigenvalue weighted by atomic mass is 10.4. The molecule has 0 aliphatic heterocycles. The normalized spacial score (nSPS) is 9.47. The summed E-state index contributed by atoms with van der Waals surface area (Å²) in [4.78, 5) is 41.0. The molecule has 3 N–H and O–H groups in total. The number of hydrogen-bond donors (Lipinski definition) is 2. The van der Waals surface area contributed by atoms with E-state index in [4.69, 9.17) is 10.6 Å². The van der Waals surface area contributed by atoms with Crippen LogP contribution in [0.3, 0.4) is 0 Å². The molecule has 0 aliphatic carbocycles. The zero-order valence-corrected chi connectivity index (χ0v) is 8.97. The topological polar surface area (TPSA) is 116 Å². The molecule has 0 aliphatic rings. The highest BCUT2D eigenvalue weighted by Gasteiger charge is 2.10. The van der Waals surface area contributed by atoms with Crippen molar-refractivity contribution >= 4 is 17.9 Å². The number of nitrogens with two attached hydrogens (primary N) is 1. The van der Waals surface area contributed by atoms with Gasteiger partial charge in [0.1, 0.15) is 0 Å². The van der Waals surface area contributed by atoms with Gasteiger partial charge in [0.05, 0.1) is 6.20 Å². The molecule has 2 amide bonds. The molecular weight excluding hydrogens is 228 g/mol. The van der Waals surface area contributed by atoms with Crippen LogP contribution >= 0.6 is 0 Å². The number of nitrogens with zero attached hydrogens (tertiary/aromatic N) is 2. The number of urea groups is 1. The van der Waals surface area contributed by atoms with Crippen LogP contribution < -0.4 is 21.4 Å². The first-order chi connectivity index (χ1) is 7.90. The van der Waals surface area contributed by atoms with E-state index in [0.717, 1.165) is 17.0 Å². The first-order valence-electron chi connectivity index (χ1n) is 4.44. The zero-order valence-electron chi connectivity index (χ0n) is 8.97. The molecule has 8 nitrogen and oxygen atoms in total. The molecule has 0 saturated carbocycles. The van der Waals surface area contributed by atoms with Crippen LogP contribution in [0.25, 0.3) is 0 Å². The highest BCUT2D eigenvalue weighted by molar-refractivity contribution is 5.88. The zero-order chi connectivity index (χ0) is 13.0. The van der Waals surface area contributed by atoms with E-state index in [0.29, 0.717) is 0 Å². The Morgan fingerprint density at radius 3 is 2.76 bits per heavy atom. The maximum atomic E-state index is 11.2. The van der Waals surface area contributed by atoms with Crippen molar-refractivity contribution in [2.24, 2.45) is 5.73 Å². The summed E-state index contributed by atoms with van der Waals surface area (Å²) in [5, 5.41) is 2.04. The number of carbonyl (C=O) groups is 2.